The number of hydrogen-bond acceptors (Lipinski definition) is 4. The van der Waals surface area contributed by atoms with Gasteiger partial charge in [0.1, 0.15) is 0 Å². The highest BCUT2D eigenvalue weighted by Gasteiger charge is 2.31. The SMILES string of the molecule is CN(C)CCCNC(=O)[C@H]1CCCN(S(=O)(=O)CCCc2ccccc2)C1. The summed E-state index contributed by atoms with van der Waals surface area (Å²) in [5.74, 6) is -0.112. The monoisotopic (exact) mass is 395 g/mol. The third kappa shape index (κ3) is 7.60. The molecule has 1 N–H and O–H groups in total. The summed E-state index contributed by atoms with van der Waals surface area (Å²) in [6.45, 7) is 2.40. The van der Waals surface area contributed by atoms with E-state index in [4.69, 9.17) is 0 Å². The van der Waals surface area contributed by atoms with E-state index in [0.29, 0.717) is 26.1 Å². The third-order valence-electron chi connectivity index (χ3n) is 4.94. The molecule has 1 amide bonds. The van der Waals surface area contributed by atoms with Gasteiger partial charge in [-0.05, 0) is 58.3 Å². The molecule has 0 radical (unpaired) electrons. The number of piperidine rings is 1. The van der Waals surface area contributed by atoms with Crippen LogP contribution in [0.3, 0.4) is 0 Å². The van der Waals surface area contributed by atoms with Gasteiger partial charge in [0.2, 0.25) is 15.9 Å². The van der Waals surface area contributed by atoms with Gasteiger partial charge in [-0.15, -0.1) is 0 Å². The molecule has 0 unspecified atom stereocenters. The van der Waals surface area contributed by atoms with Gasteiger partial charge >= 0.3 is 0 Å². The molecule has 27 heavy (non-hydrogen) atoms. The first-order valence-electron chi connectivity index (χ1n) is 9.82. The van der Waals surface area contributed by atoms with Crippen LogP contribution in [0, 0.1) is 5.92 Å². The van der Waals surface area contributed by atoms with Gasteiger partial charge in [-0.25, -0.2) is 12.7 Å². The molecule has 2 rings (SSSR count). The van der Waals surface area contributed by atoms with E-state index in [1.165, 1.54) is 4.31 Å². The van der Waals surface area contributed by atoms with Crippen LogP contribution in [0.25, 0.3) is 0 Å². The second-order valence-corrected chi connectivity index (χ2v) is 9.64. The molecule has 0 saturated carbocycles. The van der Waals surface area contributed by atoms with Crippen LogP contribution in [0.15, 0.2) is 30.3 Å². The smallest absolute Gasteiger partial charge is 0.224 e. The fourth-order valence-corrected chi connectivity index (χ4v) is 4.97. The van der Waals surface area contributed by atoms with Crippen molar-refractivity contribution in [1.82, 2.24) is 14.5 Å². The van der Waals surface area contributed by atoms with Crippen molar-refractivity contribution in [3.63, 3.8) is 0 Å². The van der Waals surface area contributed by atoms with E-state index in [1.54, 1.807) is 0 Å². The number of nitrogens with one attached hydrogen (secondary N) is 1. The number of hydrogen-bond donors (Lipinski definition) is 1. The fourth-order valence-electron chi connectivity index (χ4n) is 3.39. The largest absolute Gasteiger partial charge is 0.356 e. The standard InChI is InChI=1S/C20H33N3O3S/c1-22(2)14-8-13-21-20(24)19-12-6-15-23(17-19)27(25,26)16-7-11-18-9-4-3-5-10-18/h3-5,9-10,19H,6-8,11-17H2,1-2H3,(H,21,24)/t19-/m0/s1. The van der Waals surface area contributed by atoms with E-state index in [-0.39, 0.29) is 17.6 Å². The first-order chi connectivity index (χ1) is 12.9. The molecule has 0 bridgehead atoms. The number of amides is 1. The van der Waals surface area contributed by atoms with E-state index in [9.17, 15) is 13.2 Å². The highest BCUT2D eigenvalue weighted by molar-refractivity contribution is 7.89. The van der Waals surface area contributed by atoms with Crippen LogP contribution in [-0.4, -0.2) is 69.6 Å². The average molecular weight is 396 g/mol. The van der Waals surface area contributed by atoms with E-state index >= 15 is 0 Å². The van der Waals surface area contributed by atoms with Crippen LogP contribution in [0.5, 0.6) is 0 Å². The Hall–Kier alpha value is -1.44. The molecule has 1 aliphatic rings. The zero-order chi connectivity index (χ0) is 19.7. The highest BCUT2D eigenvalue weighted by Crippen LogP contribution is 2.20. The van der Waals surface area contributed by atoms with Crippen molar-refractivity contribution in [2.24, 2.45) is 5.92 Å². The molecule has 1 aromatic carbocycles. The van der Waals surface area contributed by atoms with Crippen LogP contribution < -0.4 is 5.32 Å². The van der Waals surface area contributed by atoms with E-state index < -0.39 is 10.0 Å². The molecule has 1 heterocycles. The van der Waals surface area contributed by atoms with Crippen LogP contribution in [0.1, 0.15) is 31.2 Å². The van der Waals surface area contributed by atoms with Gasteiger partial charge in [0, 0.05) is 19.6 Å². The number of carbonyl (C=O) groups excluding carboxylic acids is 1. The molecule has 0 spiro atoms. The minimum atomic E-state index is -3.31. The Morgan fingerprint density at radius 2 is 1.96 bits per heavy atom. The number of aryl methyl sites for hydroxylation is 1. The molecular formula is C20H33N3O3S. The Morgan fingerprint density at radius 3 is 2.67 bits per heavy atom. The van der Waals surface area contributed by atoms with E-state index in [2.05, 4.69) is 10.2 Å². The summed E-state index contributed by atoms with van der Waals surface area (Å²) in [5.41, 5.74) is 1.15. The van der Waals surface area contributed by atoms with Gasteiger partial charge in [0.15, 0.2) is 0 Å². The zero-order valence-electron chi connectivity index (χ0n) is 16.6. The van der Waals surface area contributed by atoms with Crippen molar-refractivity contribution >= 4 is 15.9 Å². The summed E-state index contributed by atoms with van der Waals surface area (Å²) >= 11 is 0. The highest BCUT2D eigenvalue weighted by atomic mass is 32.2. The Morgan fingerprint density at radius 1 is 1.22 bits per heavy atom. The zero-order valence-corrected chi connectivity index (χ0v) is 17.4. The van der Waals surface area contributed by atoms with Gasteiger partial charge in [0.25, 0.3) is 0 Å². The van der Waals surface area contributed by atoms with Crippen molar-refractivity contribution in [3.05, 3.63) is 35.9 Å². The van der Waals surface area contributed by atoms with Gasteiger partial charge < -0.3 is 10.2 Å². The normalized spacial score (nSPS) is 18.6. The van der Waals surface area contributed by atoms with Gasteiger partial charge in [0.05, 0.1) is 11.7 Å². The number of benzene rings is 1. The molecule has 1 aromatic rings. The number of carbonyl (C=O) groups is 1. The molecule has 7 heteroatoms. The summed E-state index contributed by atoms with van der Waals surface area (Å²) in [7, 11) is 0.697. The number of rotatable bonds is 10. The Balaban J connectivity index is 1.78. The van der Waals surface area contributed by atoms with Crippen LogP contribution in [0.4, 0.5) is 0 Å². The van der Waals surface area contributed by atoms with Crippen LogP contribution in [0.2, 0.25) is 0 Å². The predicted molar refractivity (Wildman–Crippen MR) is 109 cm³/mol. The first-order valence-corrected chi connectivity index (χ1v) is 11.4. The van der Waals surface area contributed by atoms with Crippen molar-refractivity contribution < 1.29 is 13.2 Å². The van der Waals surface area contributed by atoms with Crippen molar-refractivity contribution in [3.8, 4) is 0 Å². The van der Waals surface area contributed by atoms with Gasteiger partial charge in [-0.1, -0.05) is 30.3 Å². The lowest BCUT2D eigenvalue weighted by atomic mass is 9.99. The maximum Gasteiger partial charge on any atom is 0.224 e. The molecule has 1 fully saturated rings. The minimum Gasteiger partial charge on any atom is -0.356 e. The Labute approximate surface area is 164 Å². The number of nitrogens with zero attached hydrogens (tertiary/aromatic N) is 2. The van der Waals surface area contributed by atoms with Gasteiger partial charge in [-0.2, -0.15) is 0 Å². The second-order valence-electron chi connectivity index (χ2n) is 7.55. The van der Waals surface area contributed by atoms with Gasteiger partial charge in [-0.3, -0.25) is 4.79 Å². The molecule has 1 atom stereocenters. The lowest BCUT2D eigenvalue weighted by molar-refractivity contribution is -0.126. The summed E-state index contributed by atoms with van der Waals surface area (Å²) < 4.78 is 26.9. The lowest BCUT2D eigenvalue weighted by Crippen LogP contribution is -2.46. The lowest BCUT2D eigenvalue weighted by Gasteiger charge is -2.31. The minimum absolute atomic E-state index is 0.0158. The summed E-state index contributed by atoms with van der Waals surface area (Å²) in [6.07, 6.45) is 3.75. The molecule has 1 saturated heterocycles. The quantitative estimate of drug-likeness (QED) is 0.613. The van der Waals surface area contributed by atoms with Crippen LogP contribution in [-0.2, 0) is 21.2 Å². The third-order valence-corrected chi connectivity index (χ3v) is 6.86. The summed E-state index contributed by atoms with van der Waals surface area (Å²) in [6, 6.07) is 9.93. The van der Waals surface area contributed by atoms with Crippen LogP contribution >= 0.6 is 0 Å². The Kier molecular flexibility index (Phi) is 8.73. The van der Waals surface area contributed by atoms with Crippen molar-refractivity contribution in [2.45, 2.75) is 32.1 Å². The molecule has 152 valence electrons. The topological polar surface area (TPSA) is 69.7 Å². The van der Waals surface area contributed by atoms with Crippen molar-refractivity contribution in [1.29, 1.82) is 0 Å². The predicted octanol–water partition coefficient (Wildman–Crippen LogP) is 1.73. The van der Waals surface area contributed by atoms with E-state index in [1.807, 2.05) is 44.4 Å². The first kappa shape index (κ1) is 21.9. The molecule has 0 aliphatic carbocycles. The molecule has 0 aromatic heterocycles. The summed E-state index contributed by atoms with van der Waals surface area (Å²) in [5, 5.41) is 2.96. The molecule has 1 aliphatic heterocycles. The number of sulfonamides is 1. The summed E-state index contributed by atoms with van der Waals surface area (Å²) in [4.78, 5) is 14.4. The molecule has 6 nitrogen and oxygen atoms in total. The maximum absolute atomic E-state index is 12.7. The molecular weight excluding hydrogens is 362 g/mol. The maximum atomic E-state index is 12.7. The van der Waals surface area contributed by atoms with Crippen molar-refractivity contribution in [2.75, 3.05) is 46.0 Å². The Bertz CT molecular complexity index is 677. The second kappa shape index (κ2) is 10.8. The average Bonchev–Trinajstić information content (AvgIpc) is 2.66. The van der Waals surface area contributed by atoms with E-state index in [0.717, 1.165) is 37.8 Å². The fraction of sp³-hybridized carbons (Fsp3) is 0.650.